The number of imidazole rings is 1. The van der Waals surface area contributed by atoms with Crippen molar-refractivity contribution >= 4 is 16.9 Å². The monoisotopic (exact) mass is 286 g/mol. The van der Waals surface area contributed by atoms with E-state index in [1.165, 1.54) is 0 Å². The lowest BCUT2D eigenvalue weighted by molar-refractivity contribution is 0.0790. The van der Waals surface area contributed by atoms with Crippen molar-refractivity contribution < 1.29 is 4.79 Å². The molecule has 0 unspecified atom stereocenters. The van der Waals surface area contributed by atoms with Crippen molar-refractivity contribution in [3.05, 3.63) is 30.1 Å². The number of likely N-dealkylation sites (tertiary alicyclic amines) is 1. The first kappa shape index (κ1) is 14.1. The lowest BCUT2D eigenvalue weighted by Crippen LogP contribution is -2.33. The average molecular weight is 286 g/mol. The predicted molar refractivity (Wildman–Crippen MR) is 83.5 cm³/mol. The van der Waals surface area contributed by atoms with Crippen LogP contribution in [0.4, 0.5) is 0 Å². The highest BCUT2D eigenvalue weighted by molar-refractivity contribution is 5.97. The predicted octanol–water partition coefficient (Wildman–Crippen LogP) is 2.05. The Morgan fingerprint density at radius 1 is 1.43 bits per heavy atom. The van der Waals surface area contributed by atoms with E-state index < -0.39 is 0 Å². The zero-order valence-electron chi connectivity index (χ0n) is 12.8. The molecular weight excluding hydrogens is 264 g/mol. The van der Waals surface area contributed by atoms with Gasteiger partial charge in [0.2, 0.25) is 0 Å². The minimum atomic E-state index is 0.105. The molecule has 5 nitrogen and oxygen atoms in total. The Kier molecular flexibility index (Phi) is 3.68. The Labute approximate surface area is 125 Å². The summed E-state index contributed by atoms with van der Waals surface area (Å²) >= 11 is 0. The molecule has 5 heteroatoms. The van der Waals surface area contributed by atoms with Crippen molar-refractivity contribution in [3.63, 3.8) is 0 Å². The summed E-state index contributed by atoms with van der Waals surface area (Å²) in [6.07, 6.45) is 2.86. The van der Waals surface area contributed by atoms with Gasteiger partial charge in [-0.2, -0.15) is 0 Å². The number of nitrogens with zero attached hydrogens (tertiary/aromatic N) is 3. The first-order valence-electron chi connectivity index (χ1n) is 7.53. The van der Waals surface area contributed by atoms with Crippen molar-refractivity contribution in [2.24, 2.45) is 0 Å². The van der Waals surface area contributed by atoms with Crippen molar-refractivity contribution in [1.82, 2.24) is 19.8 Å². The molecule has 0 saturated carbocycles. The molecule has 0 radical (unpaired) electrons. The van der Waals surface area contributed by atoms with Gasteiger partial charge in [0.1, 0.15) is 0 Å². The van der Waals surface area contributed by atoms with Crippen molar-refractivity contribution in [2.45, 2.75) is 32.4 Å². The average Bonchev–Trinajstić information content (AvgIpc) is 3.12. The number of nitrogens with one attached hydrogen (secondary N) is 1. The zero-order valence-corrected chi connectivity index (χ0v) is 12.8. The number of hydrogen-bond donors (Lipinski definition) is 1. The van der Waals surface area contributed by atoms with E-state index in [2.05, 4.69) is 28.7 Å². The molecule has 0 aliphatic carbocycles. The highest BCUT2D eigenvalue weighted by Crippen LogP contribution is 2.21. The number of fused-ring (bicyclic) bond motifs is 1. The van der Waals surface area contributed by atoms with Crippen LogP contribution in [0.5, 0.6) is 0 Å². The molecule has 0 bridgehead atoms. The van der Waals surface area contributed by atoms with Gasteiger partial charge in [-0.05, 0) is 45.5 Å². The Morgan fingerprint density at radius 2 is 2.24 bits per heavy atom. The first-order chi connectivity index (χ1) is 10.1. The van der Waals surface area contributed by atoms with Gasteiger partial charge in [-0.15, -0.1) is 0 Å². The molecule has 2 aromatic rings. The van der Waals surface area contributed by atoms with Gasteiger partial charge < -0.3 is 14.8 Å². The van der Waals surface area contributed by atoms with Gasteiger partial charge in [0.05, 0.1) is 17.4 Å². The van der Waals surface area contributed by atoms with Gasteiger partial charge in [0.15, 0.2) is 0 Å². The van der Waals surface area contributed by atoms with Crippen LogP contribution in [0.1, 0.15) is 36.7 Å². The van der Waals surface area contributed by atoms with Gasteiger partial charge in [-0.25, -0.2) is 4.98 Å². The molecule has 1 saturated heterocycles. The van der Waals surface area contributed by atoms with Gasteiger partial charge >= 0.3 is 0 Å². The van der Waals surface area contributed by atoms with Gasteiger partial charge in [-0.1, -0.05) is 0 Å². The molecule has 1 aromatic carbocycles. The maximum Gasteiger partial charge on any atom is 0.253 e. The second kappa shape index (κ2) is 5.48. The SMILES string of the molecule is CN[C@@H]1CCN(C(=O)c2ccc3c(c2)ncn3C(C)C)C1. The third-order valence-electron chi connectivity index (χ3n) is 4.26. The van der Waals surface area contributed by atoms with E-state index in [9.17, 15) is 4.79 Å². The van der Waals surface area contributed by atoms with Crippen molar-refractivity contribution in [3.8, 4) is 0 Å². The third kappa shape index (κ3) is 2.53. The number of benzene rings is 1. The zero-order chi connectivity index (χ0) is 15.0. The third-order valence-corrected chi connectivity index (χ3v) is 4.26. The molecule has 1 amide bonds. The fourth-order valence-corrected chi connectivity index (χ4v) is 2.94. The molecule has 1 N–H and O–H groups in total. The van der Waals surface area contributed by atoms with Crippen LogP contribution in [-0.4, -0.2) is 46.5 Å². The van der Waals surface area contributed by atoms with E-state index in [-0.39, 0.29) is 5.91 Å². The maximum absolute atomic E-state index is 12.6. The molecular formula is C16H22N4O. The van der Waals surface area contributed by atoms with Gasteiger partial charge in [-0.3, -0.25) is 4.79 Å². The van der Waals surface area contributed by atoms with Gasteiger partial charge in [0.25, 0.3) is 5.91 Å². The molecule has 1 atom stereocenters. The molecule has 3 rings (SSSR count). The molecule has 1 aromatic heterocycles. The summed E-state index contributed by atoms with van der Waals surface area (Å²) in [5, 5.41) is 3.24. The maximum atomic E-state index is 12.6. The van der Waals surface area contributed by atoms with E-state index in [4.69, 9.17) is 0 Å². The van der Waals surface area contributed by atoms with Crippen molar-refractivity contribution in [2.75, 3.05) is 20.1 Å². The molecule has 2 heterocycles. The summed E-state index contributed by atoms with van der Waals surface area (Å²) in [7, 11) is 1.95. The van der Waals surface area contributed by atoms with E-state index in [1.54, 1.807) is 0 Å². The van der Waals surface area contributed by atoms with Crippen LogP contribution in [0, 0.1) is 0 Å². The minimum absolute atomic E-state index is 0.105. The summed E-state index contributed by atoms with van der Waals surface area (Å²) in [5.74, 6) is 0.105. The minimum Gasteiger partial charge on any atom is -0.337 e. The quantitative estimate of drug-likeness (QED) is 0.939. The fraction of sp³-hybridized carbons (Fsp3) is 0.500. The Balaban J connectivity index is 1.86. The highest BCUT2D eigenvalue weighted by atomic mass is 16.2. The molecule has 1 aliphatic rings. The van der Waals surface area contributed by atoms with Crippen LogP contribution in [-0.2, 0) is 0 Å². The molecule has 112 valence electrons. The summed E-state index contributed by atoms with van der Waals surface area (Å²) in [6.45, 7) is 5.86. The number of amides is 1. The standard InChI is InChI=1S/C16H22N4O/c1-11(2)20-10-18-14-8-12(4-5-15(14)20)16(21)19-7-6-13(9-19)17-3/h4-5,8,10-11,13,17H,6-7,9H2,1-3H3/t13-/m1/s1. The number of carbonyl (C=O) groups is 1. The summed E-state index contributed by atoms with van der Waals surface area (Å²) in [4.78, 5) is 18.9. The second-order valence-electron chi connectivity index (χ2n) is 5.97. The van der Waals surface area contributed by atoms with Crippen LogP contribution in [0.2, 0.25) is 0 Å². The molecule has 1 aliphatic heterocycles. The van der Waals surface area contributed by atoms with Crippen LogP contribution in [0.3, 0.4) is 0 Å². The number of carbonyl (C=O) groups excluding carboxylic acids is 1. The largest absolute Gasteiger partial charge is 0.337 e. The molecule has 1 fully saturated rings. The summed E-state index contributed by atoms with van der Waals surface area (Å²) in [6, 6.07) is 6.60. The van der Waals surface area contributed by atoms with Crippen LogP contribution < -0.4 is 5.32 Å². The normalized spacial score (nSPS) is 18.9. The highest BCUT2D eigenvalue weighted by Gasteiger charge is 2.26. The number of hydrogen-bond acceptors (Lipinski definition) is 3. The van der Waals surface area contributed by atoms with E-state index in [0.29, 0.717) is 12.1 Å². The lowest BCUT2D eigenvalue weighted by atomic mass is 10.1. The van der Waals surface area contributed by atoms with Crippen molar-refractivity contribution in [1.29, 1.82) is 0 Å². The van der Waals surface area contributed by atoms with Crippen LogP contribution in [0.15, 0.2) is 24.5 Å². The summed E-state index contributed by atoms with van der Waals surface area (Å²) in [5.41, 5.74) is 2.70. The lowest BCUT2D eigenvalue weighted by Gasteiger charge is -2.16. The Morgan fingerprint density at radius 3 is 2.90 bits per heavy atom. The fourth-order valence-electron chi connectivity index (χ4n) is 2.94. The van der Waals surface area contributed by atoms with Crippen LogP contribution >= 0.6 is 0 Å². The van der Waals surface area contributed by atoms with Crippen LogP contribution in [0.25, 0.3) is 11.0 Å². The topological polar surface area (TPSA) is 50.2 Å². The molecule has 0 spiro atoms. The Bertz CT molecular complexity index is 661. The van der Waals surface area contributed by atoms with E-state index >= 15 is 0 Å². The number of rotatable bonds is 3. The number of likely N-dealkylation sites (N-methyl/N-ethyl adjacent to an activating group) is 1. The van der Waals surface area contributed by atoms with E-state index in [1.807, 2.05) is 36.5 Å². The smallest absolute Gasteiger partial charge is 0.253 e. The first-order valence-corrected chi connectivity index (χ1v) is 7.53. The van der Waals surface area contributed by atoms with Gasteiger partial charge in [0, 0.05) is 30.7 Å². The Hall–Kier alpha value is -1.88. The number of aromatic nitrogens is 2. The molecule has 21 heavy (non-hydrogen) atoms. The van der Waals surface area contributed by atoms with E-state index in [0.717, 1.165) is 36.1 Å². The summed E-state index contributed by atoms with van der Waals surface area (Å²) < 4.78 is 2.12. The second-order valence-corrected chi connectivity index (χ2v) is 5.97.